The maximum absolute atomic E-state index is 12.5. The fourth-order valence-electron chi connectivity index (χ4n) is 3.14. The number of aromatic nitrogens is 5. The van der Waals surface area contributed by atoms with Gasteiger partial charge in [-0.2, -0.15) is 0 Å². The predicted molar refractivity (Wildman–Crippen MR) is 107 cm³/mol. The van der Waals surface area contributed by atoms with Crippen LogP contribution in [0.5, 0.6) is 5.88 Å². The lowest BCUT2D eigenvalue weighted by Crippen LogP contribution is -2.16. The highest BCUT2D eigenvalue weighted by molar-refractivity contribution is 7.10. The highest BCUT2D eigenvalue weighted by Crippen LogP contribution is 2.30. The summed E-state index contributed by atoms with van der Waals surface area (Å²) in [6.45, 7) is 5.80. The molecule has 1 N–H and O–H groups in total. The zero-order valence-corrected chi connectivity index (χ0v) is 17.7. The molecule has 11 heteroatoms. The number of hydrogen-bond acceptors (Lipinski definition) is 9. The number of pyridine rings is 1. The first-order valence-electron chi connectivity index (χ1n) is 9.03. The number of anilines is 1. The number of esters is 1. The van der Waals surface area contributed by atoms with Crippen molar-refractivity contribution in [2.45, 2.75) is 33.6 Å². The minimum Gasteiger partial charge on any atom is -0.479 e. The summed E-state index contributed by atoms with van der Waals surface area (Å²) in [5, 5.41) is 11.9. The van der Waals surface area contributed by atoms with Crippen LogP contribution in [0.25, 0.3) is 11.0 Å². The van der Waals surface area contributed by atoms with Gasteiger partial charge in [-0.05, 0) is 38.3 Å². The van der Waals surface area contributed by atoms with Crippen molar-refractivity contribution in [2.24, 2.45) is 7.05 Å². The molecule has 3 aromatic rings. The quantitative estimate of drug-likeness (QED) is 0.580. The molecule has 0 aliphatic carbocycles. The van der Waals surface area contributed by atoms with Crippen LogP contribution in [0.3, 0.4) is 0 Å². The zero-order valence-electron chi connectivity index (χ0n) is 16.9. The molecule has 0 unspecified atom stereocenters. The normalized spacial score (nSPS) is 10.9. The van der Waals surface area contributed by atoms with E-state index in [4.69, 9.17) is 9.47 Å². The van der Waals surface area contributed by atoms with Crippen molar-refractivity contribution < 1.29 is 19.1 Å². The van der Waals surface area contributed by atoms with Crippen molar-refractivity contribution in [2.75, 3.05) is 19.0 Å². The number of aryl methyl sites for hydroxylation is 3. The van der Waals surface area contributed by atoms with E-state index in [9.17, 15) is 9.59 Å². The first kappa shape index (κ1) is 20.6. The molecule has 0 radical (unpaired) electrons. The molecular weight excluding hydrogens is 396 g/mol. The van der Waals surface area contributed by atoms with Crippen LogP contribution in [0.1, 0.15) is 40.7 Å². The van der Waals surface area contributed by atoms with Gasteiger partial charge in [0.25, 0.3) is 0 Å². The highest BCUT2D eigenvalue weighted by Gasteiger charge is 2.21. The summed E-state index contributed by atoms with van der Waals surface area (Å²) in [4.78, 5) is 28.9. The number of amides is 1. The van der Waals surface area contributed by atoms with Gasteiger partial charge in [0.2, 0.25) is 17.5 Å². The van der Waals surface area contributed by atoms with Gasteiger partial charge in [0, 0.05) is 30.7 Å². The molecule has 3 aromatic heterocycles. The second-order valence-corrected chi connectivity index (χ2v) is 7.11. The number of carbonyl (C=O) groups is 2. The summed E-state index contributed by atoms with van der Waals surface area (Å²) in [5.41, 5.74) is 3.53. The molecule has 0 fully saturated rings. The largest absolute Gasteiger partial charge is 0.479 e. The molecule has 154 valence electrons. The molecule has 3 rings (SSSR count). The van der Waals surface area contributed by atoms with Gasteiger partial charge in [-0.1, -0.05) is 4.49 Å². The van der Waals surface area contributed by atoms with Crippen molar-refractivity contribution in [3.05, 3.63) is 22.5 Å². The van der Waals surface area contributed by atoms with E-state index in [0.29, 0.717) is 12.3 Å². The number of methoxy groups -OCH3 is 1. The average Bonchev–Trinajstić information content (AvgIpc) is 3.26. The third-order valence-corrected chi connectivity index (χ3v) is 5.17. The lowest BCUT2D eigenvalue weighted by Gasteiger charge is -2.11. The maximum Gasteiger partial charge on any atom is 0.362 e. The van der Waals surface area contributed by atoms with Crippen molar-refractivity contribution in [1.29, 1.82) is 0 Å². The van der Waals surface area contributed by atoms with E-state index >= 15 is 0 Å². The Morgan fingerprint density at radius 1 is 1.28 bits per heavy atom. The van der Waals surface area contributed by atoms with Gasteiger partial charge in [0.1, 0.15) is 0 Å². The topological polar surface area (TPSA) is 121 Å². The van der Waals surface area contributed by atoms with E-state index < -0.39 is 5.97 Å². The Bertz CT molecular complexity index is 1070. The Balaban J connectivity index is 1.77. The van der Waals surface area contributed by atoms with Crippen LogP contribution in [0.2, 0.25) is 0 Å². The molecule has 29 heavy (non-hydrogen) atoms. The fourth-order valence-corrected chi connectivity index (χ4v) is 3.71. The van der Waals surface area contributed by atoms with E-state index in [0.717, 1.165) is 39.4 Å². The Labute approximate surface area is 171 Å². The lowest BCUT2D eigenvalue weighted by atomic mass is 10.00. The second-order valence-electron chi connectivity index (χ2n) is 6.35. The number of rotatable bonds is 7. The van der Waals surface area contributed by atoms with E-state index in [1.807, 2.05) is 20.9 Å². The molecule has 0 saturated carbocycles. The summed E-state index contributed by atoms with van der Waals surface area (Å²) in [6, 6.07) is 0. The summed E-state index contributed by atoms with van der Waals surface area (Å²) < 4.78 is 15.7. The van der Waals surface area contributed by atoms with Gasteiger partial charge < -0.3 is 14.8 Å². The van der Waals surface area contributed by atoms with E-state index in [-0.39, 0.29) is 29.6 Å². The van der Waals surface area contributed by atoms with E-state index in [1.165, 1.54) is 0 Å². The summed E-state index contributed by atoms with van der Waals surface area (Å²) in [5.74, 6) is -0.353. The minimum atomic E-state index is -0.610. The molecule has 0 aliphatic rings. The molecule has 0 atom stereocenters. The van der Waals surface area contributed by atoms with Crippen LogP contribution in [0.4, 0.5) is 5.00 Å². The van der Waals surface area contributed by atoms with E-state index in [1.54, 1.807) is 18.7 Å². The Morgan fingerprint density at radius 2 is 2.03 bits per heavy atom. The molecule has 3 heterocycles. The van der Waals surface area contributed by atoms with Gasteiger partial charge in [-0.15, -0.1) is 10.2 Å². The van der Waals surface area contributed by atoms with Gasteiger partial charge in [0.15, 0.2) is 10.6 Å². The zero-order chi connectivity index (χ0) is 21.1. The lowest BCUT2D eigenvalue weighted by molar-refractivity contribution is -0.116. The highest BCUT2D eigenvalue weighted by atomic mass is 32.1. The number of nitrogens with zero attached hydrogens (tertiary/aromatic N) is 5. The molecule has 0 aromatic carbocycles. The molecule has 0 spiro atoms. The third kappa shape index (κ3) is 4.04. The summed E-state index contributed by atoms with van der Waals surface area (Å²) >= 11 is 0.936. The second kappa shape index (κ2) is 8.52. The first-order valence-corrected chi connectivity index (χ1v) is 9.80. The van der Waals surface area contributed by atoms with Crippen molar-refractivity contribution in [1.82, 2.24) is 24.4 Å². The predicted octanol–water partition coefficient (Wildman–Crippen LogP) is 2.19. The number of fused-ring (bicyclic) bond motifs is 1. The smallest absolute Gasteiger partial charge is 0.362 e. The van der Waals surface area contributed by atoms with Gasteiger partial charge in [-0.3, -0.25) is 4.79 Å². The number of ether oxygens (including phenoxy) is 2. The van der Waals surface area contributed by atoms with Crippen LogP contribution in [0.15, 0.2) is 0 Å². The first-order chi connectivity index (χ1) is 13.9. The van der Waals surface area contributed by atoms with E-state index in [2.05, 4.69) is 25.0 Å². The fraction of sp³-hybridized carbons (Fsp3) is 0.444. The van der Waals surface area contributed by atoms with Crippen LogP contribution < -0.4 is 10.1 Å². The van der Waals surface area contributed by atoms with Crippen molar-refractivity contribution >= 4 is 39.4 Å². The number of hydrogen-bond donors (Lipinski definition) is 1. The molecule has 1 amide bonds. The summed E-state index contributed by atoms with van der Waals surface area (Å²) in [6.07, 6.45) is 0.684. The van der Waals surface area contributed by atoms with Gasteiger partial charge in [-0.25, -0.2) is 14.5 Å². The molecule has 10 nitrogen and oxygen atoms in total. The molecule has 0 saturated heterocycles. The van der Waals surface area contributed by atoms with Crippen molar-refractivity contribution in [3.63, 3.8) is 0 Å². The Kier molecular flexibility index (Phi) is 6.06. The van der Waals surface area contributed by atoms with Crippen molar-refractivity contribution in [3.8, 4) is 5.88 Å². The van der Waals surface area contributed by atoms with Crippen LogP contribution in [-0.4, -0.2) is 49.9 Å². The Hall–Kier alpha value is -3.08. The standard InChI is InChI=1S/C18H22N6O4S/c1-6-28-18(26)14-17(29-23-21-14)20-12(25)8-7-11-9(2)13-15(19-10(11)3)24(4)22-16(13)27-5/h6-8H2,1-5H3,(H,20,25). The molecule has 0 aliphatic heterocycles. The van der Waals surface area contributed by atoms with Crippen LogP contribution in [-0.2, 0) is 23.0 Å². The third-order valence-electron chi connectivity index (χ3n) is 4.53. The maximum atomic E-state index is 12.5. The average molecular weight is 418 g/mol. The van der Waals surface area contributed by atoms with Crippen LogP contribution >= 0.6 is 11.5 Å². The SMILES string of the molecule is CCOC(=O)c1nnsc1NC(=O)CCc1c(C)nc2c(c(OC)nn2C)c1C. The molecular formula is C18H22N6O4S. The van der Waals surface area contributed by atoms with Crippen LogP contribution in [0, 0.1) is 13.8 Å². The monoisotopic (exact) mass is 418 g/mol. The Morgan fingerprint density at radius 3 is 2.72 bits per heavy atom. The minimum absolute atomic E-state index is 0.0146. The molecule has 0 bridgehead atoms. The van der Waals surface area contributed by atoms with Gasteiger partial charge >= 0.3 is 5.97 Å². The number of carbonyl (C=O) groups excluding carboxylic acids is 2. The summed E-state index contributed by atoms with van der Waals surface area (Å²) in [7, 11) is 3.38. The van der Waals surface area contributed by atoms with Gasteiger partial charge in [0.05, 0.1) is 19.1 Å². The number of nitrogens with one attached hydrogen (secondary N) is 1.